The fraction of sp³-hybridized carbons (Fsp3) is 0.344. The molecule has 0 saturated heterocycles. The maximum Gasteiger partial charge on any atom is 0.170 e. The van der Waals surface area contributed by atoms with Gasteiger partial charge >= 0.3 is 0 Å². The Morgan fingerprint density at radius 2 is 1.48 bits per heavy atom. The average molecular weight is 437 g/mol. The van der Waals surface area contributed by atoms with Crippen molar-refractivity contribution in [2.45, 2.75) is 65.7 Å². The van der Waals surface area contributed by atoms with E-state index in [1.165, 1.54) is 39.0 Å². The van der Waals surface area contributed by atoms with E-state index in [4.69, 9.17) is 0 Å². The lowest BCUT2D eigenvalue weighted by Crippen LogP contribution is -2.19. The molecule has 0 aromatic heterocycles. The van der Waals surface area contributed by atoms with Crippen LogP contribution in [0.5, 0.6) is 0 Å². The second-order valence-electron chi connectivity index (χ2n) is 9.14. The molecule has 3 aromatic carbocycles. The highest BCUT2D eigenvalue weighted by Crippen LogP contribution is 2.46. The van der Waals surface area contributed by atoms with Crippen molar-refractivity contribution >= 4 is 11.4 Å². The number of benzene rings is 3. The summed E-state index contributed by atoms with van der Waals surface area (Å²) in [6.45, 7) is 8.92. The Hall–Kier alpha value is -2.93. The molecule has 2 unspecified atom stereocenters. The molecular formula is C32H36O. The highest BCUT2D eigenvalue weighted by atomic mass is 16.1. The summed E-state index contributed by atoms with van der Waals surface area (Å²) < 4.78 is 0. The first-order valence-electron chi connectivity index (χ1n) is 12.6. The van der Waals surface area contributed by atoms with Gasteiger partial charge < -0.3 is 0 Å². The normalized spacial score (nSPS) is 17.8. The topological polar surface area (TPSA) is 17.1 Å². The van der Waals surface area contributed by atoms with E-state index in [9.17, 15) is 4.79 Å². The average Bonchev–Trinajstić information content (AvgIpc) is 3.33. The number of Topliss-reactive ketones (excluding diaryl/α,β-unsaturated/α-hetero) is 1. The van der Waals surface area contributed by atoms with Crippen LogP contribution in [0.25, 0.3) is 5.57 Å². The molecule has 3 aromatic rings. The van der Waals surface area contributed by atoms with Gasteiger partial charge in [-0.05, 0) is 71.1 Å². The van der Waals surface area contributed by atoms with E-state index >= 15 is 0 Å². The van der Waals surface area contributed by atoms with Crippen LogP contribution < -0.4 is 0 Å². The number of allylic oxidation sites excluding steroid dienone is 2. The van der Waals surface area contributed by atoms with Gasteiger partial charge in [-0.15, -0.1) is 0 Å². The molecule has 1 aliphatic carbocycles. The Morgan fingerprint density at radius 3 is 2.15 bits per heavy atom. The molecule has 4 rings (SSSR count). The van der Waals surface area contributed by atoms with Gasteiger partial charge in [0.15, 0.2) is 5.78 Å². The minimum Gasteiger partial charge on any atom is -0.293 e. The van der Waals surface area contributed by atoms with Crippen LogP contribution in [-0.2, 0) is 25.7 Å². The van der Waals surface area contributed by atoms with E-state index in [1.807, 2.05) is 30.3 Å². The number of hydrogen-bond acceptors (Lipinski definition) is 1. The predicted octanol–water partition coefficient (Wildman–Crippen LogP) is 8.01. The van der Waals surface area contributed by atoms with Crippen LogP contribution in [0, 0.1) is 5.92 Å². The van der Waals surface area contributed by atoms with Gasteiger partial charge in [0.2, 0.25) is 0 Å². The van der Waals surface area contributed by atoms with Crippen molar-refractivity contribution in [1.29, 1.82) is 0 Å². The van der Waals surface area contributed by atoms with E-state index in [2.05, 4.69) is 70.2 Å². The molecule has 0 fully saturated rings. The molecule has 0 amide bonds. The summed E-state index contributed by atoms with van der Waals surface area (Å²) in [5.74, 6) is 0.293. The van der Waals surface area contributed by atoms with Crippen LogP contribution in [0.3, 0.4) is 0 Å². The van der Waals surface area contributed by atoms with Gasteiger partial charge in [0, 0.05) is 17.4 Å². The van der Waals surface area contributed by atoms with Gasteiger partial charge in [0.25, 0.3) is 0 Å². The largest absolute Gasteiger partial charge is 0.293 e. The quantitative estimate of drug-likeness (QED) is 0.327. The highest BCUT2D eigenvalue weighted by Gasteiger charge is 2.36. The molecule has 1 aliphatic rings. The molecule has 170 valence electrons. The molecule has 33 heavy (non-hydrogen) atoms. The summed E-state index contributed by atoms with van der Waals surface area (Å²) in [5.41, 5.74) is 10.5. The molecular weight excluding hydrogens is 400 g/mol. The van der Waals surface area contributed by atoms with E-state index in [0.717, 1.165) is 37.7 Å². The number of carbonyl (C=O) groups is 1. The smallest absolute Gasteiger partial charge is 0.170 e. The molecule has 0 radical (unpaired) electrons. The van der Waals surface area contributed by atoms with Crippen LogP contribution >= 0.6 is 0 Å². The van der Waals surface area contributed by atoms with Crippen molar-refractivity contribution in [3.05, 3.63) is 112 Å². The Balaban J connectivity index is 1.80. The molecule has 0 spiro atoms. The third kappa shape index (κ3) is 4.60. The summed E-state index contributed by atoms with van der Waals surface area (Å²) >= 11 is 0. The van der Waals surface area contributed by atoms with Crippen LogP contribution in [0.2, 0.25) is 0 Å². The fourth-order valence-electron chi connectivity index (χ4n) is 5.60. The third-order valence-electron chi connectivity index (χ3n) is 7.40. The maximum atomic E-state index is 13.7. The molecule has 0 aliphatic heterocycles. The zero-order valence-corrected chi connectivity index (χ0v) is 20.5. The summed E-state index contributed by atoms with van der Waals surface area (Å²) in [6, 6.07) is 23.4. The Morgan fingerprint density at radius 1 is 0.758 bits per heavy atom. The van der Waals surface area contributed by atoms with Crippen molar-refractivity contribution in [3.63, 3.8) is 0 Å². The number of rotatable bonds is 8. The number of hydrogen-bond donors (Lipinski definition) is 0. The highest BCUT2D eigenvalue weighted by molar-refractivity contribution is 6.01. The Kier molecular flexibility index (Phi) is 7.28. The van der Waals surface area contributed by atoms with Crippen LogP contribution in [0.15, 0.2) is 72.8 Å². The second kappa shape index (κ2) is 10.3. The van der Waals surface area contributed by atoms with Gasteiger partial charge in [0.1, 0.15) is 0 Å². The number of carbonyl (C=O) groups excluding carboxylic acids is 1. The Bertz CT molecular complexity index is 1150. The van der Waals surface area contributed by atoms with E-state index in [0.29, 0.717) is 0 Å². The first-order valence-corrected chi connectivity index (χ1v) is 12.6. The summed E-state index contributed by atoms with van der Waals surface area (Å²) in [6.07, 6.45) is 7.32. The molecule has 1 heteroatoms. The predicted molar refractivity (Wildman–Crippen MR) is 140 cm³/mol. The van der Waals surface area contributed by atoms with Crippen molar-refractivity contribution in [2.75, 3.05) is 0 Å². The number of aryl methyl sites for hydroxylation is 3. The lowest BCUT2D eigenvalue weighted by Gasteiger charge is -2.23. The third-order valence-corrected chi connectivity index (χ3v) is 7.40. The molecule has 0 bridgehead atoms. The molecule has 0 saturated carbocycles. The number of ketones is 1. The monoisotopic (exact) mass is 436 g/mol. The van der Waals surface area contributed by atoms with Gasteiger partial charge in [0.05, 0.1) is 0 Å². The first kappa shape index (κ1) is 23.2. The summed E-state index contributed by atoms with van der Waals surface area (Å²) in [4.78, 5) is 13.7. The summed E-state index contributed by atoms with van der Waals surface area (Å²) in [5, 5.41) is 0. The maximum absolute atomic E-state index is 13.7. The summed E-state index contributed by atoms with van der Waals surface area (Å²) in [7, 11) is 0. The standard InChI is InChI=1S/C32H36O/c1-5-22-17-18-26(19-24(22)7-3)27-20-30(29-16-12-15-23(6-2)28(29)8-4)31(21-27)32(33)25-13-10-9-11-14-25/h9-19,21,30-31H,5-8,20H2,1-4H3. The second-order valence-corrected chi connectivity index (χ2v) is 9.14. The SMILES string of the molecule is CCc1ccc(C2=CC(C(=O)c3ccccc3)C(c3cccc(CC)c3CC)C2)cc1CC. The molecule has 0 N–H and O–H groups in total. The van der Waals surface area contributed by atoms with E-state index in [1.54, 1.807) is 0 Å². The van der Waals surface area contributed by atoms with Gasteiger partial charge in [-0.3, -0.25) is 4.79 Å². The van der Waals surface area contributed by atoms with Crippen LogP contribution in [-0.4, -0.2) is 5.78 Å². The van der Waals surface area contributed by atoms with Gasteiger partial charge in [-0.1, -0.05) is 101 Å². The van der Waals surface area contributed by atoms with Gasteiger partial charge in [-0.25, -0.2) is 0 Å². The first-order chi connectivity index (χ1) is 16.1. The zero-order valence-electron chi connectivity index (χ0n) is 20.5. The van der Waals surface area contributed by atoms with Crippen molar-refractivity contribution in [2.24, 2.45) is 5.92 Å². The Labute approximate surface area is 199 Å². The van der Waals surface area contributed by atoms with Crippen molar-refractivity contribution in [3.8, 4) is 0 Å². The zero-order chi connectivity index (χ0) is 23.4. The van der Waals surface area contributed by atoms with Crippen LogP contribution in [0.1, 0.15) is 83.8 Å². The lowest BCUT2D eigenvalue weighted by atomic mass is 9.79. The molecule has 1 nitrogen and oxygen atoms in total. The van der Waals surface area contributed by atoms with Crippen molar-refractivity contribution in [1.82, 2.24) is 0 Å². The molecule has 2 atom stereocenters. The minimum atomic E-state index is -0.129. The van der Waals surface area contributed by atoms with E-state index < -0.39 is 0 Å². The van der Waals surface area contributed by atoms with E-state index in [-0.39, 0.29) is 17.6 Å². The lowest BCUT2D eigenvalue weighted by molar-refractivity contribution is 0.0934. The minimum absolute atomic E-state index is 0.129. The fourth-order valence-corrected chi connectivity index (χ4v) is 5.60. The van der Waals surface area contributed by atoms with Crippen molar-refractivity contribution < 1.29 is 4.79 Å². The van der Waals surface area contributed by atoms with Crippen LogP contribution in [0.4, 0.5) is 0 Å². The van der Waals surface area contributed by atoms with Gasteiger partial charge in [-0.2, -0.15) is 0 Å². The molecule has 0 heterocycles.